The second kappa shape index (κ2) is 39.8. The van der Waals surface area contributed by atoms with E-state index in [9.17, 15) is 14.7 Å². The van der Waals surface area contributed by atoms with Gasteiger partial charge in [-0.25, -0.2) is 0 Å². The number of carbonyl (C=O) groups is 2. The van der Waals surface area contributed by atoms with Gasteiger partial charge in [0.25, 0.3) is 0 Å². The maximum atomic E-state index is 14.0. The average molecular weight is 724 g/mol. The second-order valence-corrected chi connectivity index (χ2v) is 14.8. The predicted octanol–water partition coefficient (Wildman–Crippen LogP) is 11.7. The Morgan fingerprint density at radius 1 is 0.569 bits per heavy atom. The highest BCUT2D eigenvalue weighted by Crippen LogP contribution is 2.21. The molecule has 1 atom stereocenters. The van der Waals surface area contributed by atoms with E-state index in [0.29, 0.717) is 39.0 Å². The molecule has 0 aromatic carbocycles. The van der Waals surface area contributed by atoms with Crippen molar-refractivity contribution >= 4 is 11.9 Å². The summed E-state index contributed by atoms with van der Waals surface area (Å²) in [5, 5.41) is 9.71. The van der Waals surface area contributed by atoms with Gasteiger partial charge in [-0.2, -0.15) is 0 Å². The molecule has 0 bridgehead atoms. The molecule has 0 aromatic rings. The van der Waals surface area contributed by atoms with Gasteiger partial charge in [-0.15, -0.1) is 0 Å². The van der Waals surface area contributed by atoms with Crippen LogP contribution in [0.2, 0.25) is 0 Å². The van der Waals surface area contributed by atoms with Crippen LogP contribution in [0.25, 0.3) is 0 Å². The van der Waals surface area contributed by atoms with Crippen LogP contribution in [-0.2, 0) is 23.8 Å². The lowest BCUT2D eigenvalue weighted by Gasteiger charge is -2.32. The zero-order chi connectivity index (χ0) is 37.5. The number of hydrogen-bond acceptors (Lipinski definition) is 7. The third-order valence-corrected chi connectivity index (χ3v) is 9.88. The van der Waals surface area contributed by atoms with Gasteiger partial charge in [-0.1, -0.05) is 149 Å². The molecule has 0 radical (unpaired) electrons. The molecule has 1 N–H and O–H groups in total. The minimum atomic E-state index is -0.305. The van der Waals surface area contributed by atoms with Gasteiger partial charge in [0.1, 0.15) is 18.8 Å². The Morgan fingerprint density at radius 2 is 1.06 bits per heavy atom. The van der Waals surface area contributed by atoms with Crippen molar-refractivity contribution in [1.82, 2.24) is 4.90 Å². The molecule has 0 aliphatic carbocycles. The van der Waals surface area contributed by atoms with Crippen LogP contribution in [0.4, 0.5) is 0 Å². The van der Waals surface area contributed by atoms with Crippen LogP contribution in [0.1, 0.15) is 207 Å². The first-order valence-corrected chi connectivity index (χ1v) is 22.0. The molecule has 0 amide bonds. The summed E-state index contributed by atoms with van der Waals surface area (Å²) in [6, 6.07) is -0.305. The van der Waals surface area contributed by atoms with E-state index >= 15 is 0 Å². The van der Waals surface area contributed by atoms with Crippen molar-refractivity contribution in [2.45, 2.75) is 220 Å². The van der Waals surface area contributed by atoms with Crippen molar-refractivity contribution in [3.05, 3.63) is 12.2 Å². The van der Waals surface area contributed by atoms with Crippen LogP contribution < -0.4 is 0 Å². The van der Waals surface area contributed by atoms with Gasteiger partial charge in [0, 0.05) is 26.2 Å². The third kappa shape index (κ3) is 32.9. The van der Waals surface area contributed by atoms with Crippen LogP contribution in [0, 0.1) is 0 Å². The Labute approximate surface area is 316 Å². The Bertz CT molecular complexity index is 759. The molecule has 0 aromatic heterocycles. The highest BCUT2D eigenvalue weighted by molar-refractivity contribution is 5.76. The van der Waals surface area contributed by atoms with E-state index in [-0.39, 0.29) is 37.3 Å². The maximum absolute atomic E-state index is 14.0. The smallest absolute Gasteiger partial charge is 0.323 e. The lowest BCUT2D eigenvalue weighted by molar-refractivity contribution is -0.157. The zero-order valence-corrected chi connectivity index (χ0v) is 34.3. The summed E-state index contributed by atoms with van der Waals surface area (Å²) in [6.07, 6.45) is 34.3. The largest absolute Gasteiger partial charge is 0.461 e. The first-order chi connectivity index (χ1) is 25.0. The number of aliphatic hydroxyl groups is 1. The van der Waals surface area contributed by atoms with Gasteiger partial charge in [-0.05, 0) is 70.4 Å². The molecule has 7 heteroatoms. The average Bonchev–Trinajstić information content (AvgIpc) is 3.13. The summed E-state index contributed by atoms with van der Waals surface area (Å²) in [5.74, 6) is -0.278. The van der Waals surface area contributed by atoms with Crippen molar-refractivity contribution in [3.63, 3.8) is 0 Å². The number of carbonyl (C=O) groups excluding carboxylic acids is 2. The van der Waals surface area contributed by atoms with Gasteiger partial charge < -0.3 is 19.3 Å². The molecule has 0 saturated heterocycles. The lowest BCUT2D eigenvalue weighted by Crippen LogP contribution is -2.44. The minimum Gasteiger partial charge on any atom is -0.461 e. The minimum absolute atomic E-state index is 0.0152. The Balaban J connectivity index is 5.06. The molecule has 0 fully saturated rings. The molecule has 0 heterocycles. The molecular formula is C44H85NO6. The van der Waals surface area contributed by atoms with Crippen LogP contribution in [0.15, 0.2) is 12.2 Å². The molecule has 0 saturated carbocycles. The summed E-state index contributed by atoms with van der Waals surface area (Å²) >= 11 is 0. The van der Waals surface area contributed by atoms with Crippen LogP contribution in [0.3, 0.4) is 0 Å². The SMILES string of the molecule is CCCCCCCCC(CCCCCCCC)OC(=O)C(CCCCCC)N(CCCO)CCCCC(=O)OCC=CCOCCCCCCC. The van der Waals surface area contributed by atoms with E-state index in [1.807, 2.05) is 12.2 Å². The highest BCUT2D eigenvalue weighted by atomic mass is 16.5. The van der Waals surface area contributed by atoms with Crippen molar-refractivity contribution in [2.24, 2.45) is 0 Å². The number of ether oxygens (including phenoxy) is 3. The second-order valence-electron chi connectivity index (χ2n) is 14.8. The molecule has 0 aliphatic heterocycles. The number of esters is 2. The van der Waals surface area contributed by atoms with Gasteiger partial charge >= 0.3 is 11.9 Å². The first-order valence-electron chi connectivity index (χ1n) is 22.0. The molecule has 0 aliphatic rings. The highest BCUT2D eigenvalue weighted by Gasteiger charge is 2.28. The van der Waals surface area contributed by atoms with Crippen LogP contribution in [-0.4, -0.2) is 73.6 Å². The zero-order valence-electron chi connectivity index (χ0n) is 34.3. The topological polar surface area (TPSA) is 85.3 Å². The normalized spacial score (nSPS) is 12.4. The van der Waals surface area contributed by atoms with Crippen molar-refractivity contribution < 1.29 is 28.9 Å². The predicted molar refractivity (Wildman–Crippen MR) is 215 cm³/mol. The molecule has 51 heavy (non-hydrogen) atoms. The third-order valence-electron chi connectivity index (χ3n) is 9.88. The van der Waals surface area contributed by atoms with Gasteiger partial charge in [0.05, 0.1) is 6.61 Å². The monoisotopic (exact) mass is 724 g/mol. The molecule has 0 spiro atoms. The van der Waals surface area contributed by atoms with Gasteiger partial charge in [0.2, 0.25) is 0 Å². The maximum Gasteiger partial charge on any atom is 0.323 e. The number of aliphatic hydroxyl groups excluding tert-OH is 1. The number of unbranched alkanes of at least 4 members (excludes halogenated alkanes) is 18. The summed E-state index contributed by atoms with van der Waals surface area (Å²) < 4.78 is 17.4. The molecule has 7 nitrogen and oxygen atoms in total. The van der Waals surface area contributed by atoms with Crippen molar-refractivity contribution in [2.75, 3.05) is 39.5 Å². The Morgan fingerprint density at radius 3 is 1.65 bits per heavy atom. The number of nitrogens with zero attached hydrogens (tertiary/aromatic N) is 1. The quantitative estimate of drug-likeness (QED) is 0.0383. The van der Waals surface area contributed by atoms with Gasteiger partial charge in [-0.3, -0.25) is 14.5 Å². The van der Waals surface area contributed by atoms with Crippen LogP contribution in [0.5, 0.6) is 0 Å². The van der Waals surface area contributed by atoms with Crippen molar-refractivity contribution in [3.8, 4) is 0 Å². The molecule has 1 unspecified atom stereocenters. The van der Waals surface area contributed by atoms with E-state index in [2.05, 4.69) is 32.6 Å². The molecular weight excluding hydrogens is 638 g/mol. The van der Waals surface area contributed by atoms with Gasteiger partial charge in [0.15, 0.2) is 0 Å². The summed E-state index contributed by atoms with van der Waals surface area (Å²) in [5.41, 5.74) is 0. The fourth-order valence-corrected chi connectivity index (χ4v) is 6.61. The van der Waals surface area contributed by atoms with E-state index in [0.717, 1.165) is 70.8 Å². The Kier molecular flexibility index (Phi) is 38.6. The van der Waals surface area contributed by atoms with E-state index in [1.165, 1.54) is 96.3 Å². The summed E-state index contributed by atoms with van der Waals surface area (Å²) in [4.78, 5) is 28.6. The van der Waals surface area contributed by atoms with E-state index in [1.54, 1.807) is 0 Å². The van der Waals surface area contributed by atoms with Crippen LogP contribution >= 0.6 is 0 Å². The fourth-order valence-electron chi connectivity index (χ4n) is 6.61. The summed E-state index contributed by atoms with van der Waals surface area (Å²) in [6.45, 7) is 12.0. The number of hydrogen-bond donors (Lipinski definition) is 1. The lowest BCUT2D eigenvalue weighted by atomic mass is 10.0. The number of rotatable bonds is 40. The van der Waals surface area contributed by atoms with Crippen molar-refractivity contribution in [1.29, 1.82) is 0 Å². The molecule has 0 rings (SSSR count). The molecule has 302 valence electrons. The van der Waals surface area contributed by atoms with E-state index < -0.39 is 0 Å². The first kappa shape index (κ1) is 49.6. The van der Waals surface area contributed by atoms with E-state index in [4.69, 9.17) is 14.2 Å². The Hall–Kier alpha value is -1.44. The fraction of sp³-hybridized carbons (Fsp3) is 0.909. The standard InChI is InChI=1S/C44H85NO6/c1-5-9-13-17-19-22-31-41(32-23-20-18-14-10-6-2)51-44(48)42(33-24-16-12-8-4)45(36-30-37-46)35-26-25-34-43(47)50-40-29-28-39-49-38-27-21-15-11-7-3/h28-29,41-42,46H,5-27,30-40H2,1-4H3. The summed E-state index contributed by atoms with van der Waals surface area (Å²) in [7, 11) is 0.